The van der Waals surface area contributed by atoms with Crippen molar-refractivity contribution >= 4 is 29.0 Å². The highest BCUT2D eigenvalue weighted by Gasteiger charge is 2.20. The number of carbonyl (C=O) groups is 1. The number of ether oxygens (including phenoxy) is 2. The van der Waals surface area contributed by atoms with Crippen LogP contribution in [0.1, 0.15) is 30.9 Å². The summed E-state index contributed by atoms with van der Waals surface area (Å²) in [5.74, 6) is 0.134. The molecule has 0 saturated heterocycles. The molecule has 0 aromatic heterocycles. The van der Waals surface area contributed by atoms with Crippen molar-refractivity contribution < 1.29 is 14.3 Å². The highest BCUT2D eigenvalue weighted by Crippen LogP contribution is 2.35. The van der Waals surface area contributed by atoms with Crippen LogP contribution in [-0.4, -0.2) is 24.9 Å². The fourth-order valence-corrected chi connectivity index (χ4v) is 2.66. The molecule has 0 aliphatic carbocycles. The molecule has 0 amide bonds. The molecule has 1 unspecified atom stereocenters. The first-order valence-electron chi connectivity index (χ1n) is 7.85. The third-order valence-corrected chi connectivity index (χ3v) is 4.17. The minimum Gasteiger partial charge on any atom is -0.485 e. The van der Waals surface area contributed by atoms with E-state index in [0.717, 1.165) is 22.5 Å². The Morgan fingerprint density at radius 2 is 2.04 bits per heavy atom. The van der Waals surface area contributed by atoms with Gasteiger partial charge in [0.25, 0.3) is 0 Å². The third kappa shape index (κ3) is 3.44. The van der Waals surface area contributed by atoms with E-state index in [2.05, 4.69) is 0 Å². The second-order valence-electron chi connectivity index (χ2n) is 5.55. The van der Waals surface area contributed by atoms with Gasteiger partial charge < -0.3 is 9.47 Å². The quantitative estimate of drug-likeness (QED) is 0.767. The van der Waals surface area contributed by atoms with Crippen LogP contribution in [0.5, 0.6) is 5.75 Å². The Bertz CT molecular complexity index is 784. The molecular weight excluding hydrogens is 326 g/mol. The lowest BCUT2D eigenvalue weighted by Gasteiger charge is -2.19. The molecule has 1 atom stereocenters. The van der Waals surface area contributed by atoms with Crippen LogP contribution in [0.4, 0.5) is 5.69 Å². The summed E-state index contributed by atoms with van der Waals surface area (Å²) in [5, 5.41) is 0.682. The van der Waals surface area contributed by atoms with Gasteiger partial charge in [0.15, 0.2) is 0 Å². The minimum absolute atomic E-state index is 0.240. The van der Waals surface area contributed by atoms with Crippen LogP contribution >= 0.6 is 11.6 Å². The van der Waals surface area contributed by atoms with Crippen molar-refractivity contribution in [3.05, 3.63) is 58.6 Å². The minimum atomic E-state index is -0.341. The predicted molar refractivity (Wildman–Crippen MR) is 94.6 cm³/mol. The molecule has 5 heteroatoms. The number of hydrogen-bond acceptors (Lipinski definition) is 4. The summed E-state index contributed by atoms with van der Waals surface area (Å²) in [7, 11) is 0. The van der Waals surface area contributed by atoms with E-state index in [1.165, 1.54) is 0 Å². The van der Waals surface area contributed by atoms with Gasteiger partial charge in [-0.05, 0) is 49.2 Å². The average molecular weight is 344 g/mol. The SMILES string of the molecule is CCOC(=O)C(C)c1ccc2c(c1)N=C(c1ccc(Cl)cc1)CO2. The van der Waals surface area contributed by atoms with E-state index >= 15 is 0 Å². The first kappa shape index (κ1) is 16.5. The number of aliphatic imine (C=N–C) groups is 1. The van der Waals surface area contributed by atoms with Gasteiger partial charge >= 0.3 is 5.97 Å². The Morgan fingerprint density at radius 1 is 1.29 bits per heavy atom. The zero-order chi connectivity index (χ0) is 17.1. The van der Waals surface area contributed by atoms with Gasteiger partial charge in [0.2, 0.25) is 0 Å². The number of carbonyl (C=O) groups excluding carboxylic acids is 1. The fourth-order valence-electron chi connectivity index (χ4n) is 2.53. The summed E-state index contributed by atoms with van der Waals surface area (Å²) in [6.07, 6.45) is 0. The molecule has 4 nitrogen and oxygen atoms in total. The van der Waals surface area contributed by atoms with Crippen molar-refractivity contribution in [1.29, 1.82) is 0 Å². The predicted octanol–water partition coefficient (Wildman–Crippen LogP) is 4.52. The van der Waals surface area contributed by atoms with Gasteiger partial charge in [0.05, 0.1) is 18.2 Å². The number of halogens is 1. The van der Waals surface area contributed by atoms with E-state index in [1.807, 2.05) is 49.4 Å². The molecular formula is C19H18ClNO3. The average Bonchev–Trinajstić information content (AvgIpc) is 2.61. The van der Waals surface area contributed by atoms with E-state index in [0.29, 0.717) is 24.0 Å². The molecule has 2 aromatic carbocycles. The van der Waals surface area contributed by atoms with Gasteiger partial charge in [-0.1, -0.05) is 29.8 Å². The largest absolute Gasteiger partial charge is 0.485 e. The van der Waals surface area contributed by atoms with Crippen molar-refractivity contribution in [2.45, 2.75) is 19.8 Å². The van der Waals surface area contributed by atoms with Gasteiger partial charge in [-0.3, -0.25) is 4.79 Å². The highest BCUT2D eigenvalue weighted by atomic mass is 35.5. The van der Waals surface area contributed by atoms with Crippen molar-refractivity contribution in [3.8, 4) is 5.75 Å². The Balaban J connectivity index is 1.91. The van der Waals surface area contributed by atoms with Crippen molar-refractivity contribution in [2.24, 2.45) is 4.99 Å². The molecule has 0 radical (unpaired) electrons. The molecule has 2 aromatic rings. The first-order valence-corrected chi connectivity index (χ1v) is 8.23. The topological polar surface area (TPSA) is 47.9 Å². The van der Waals surface area contributed by atoms with E-state index < -0.39 is 0 Å². The number of benzene rings is 2. The normalized spacial score (nSPS) is 14.2. The van der Waals surface area contributed by atoms with Gasteiger partial charge in [-0.25, -0.2) is 4.99 Å². The molecule has 0 bridgehead atoms. The van der Waals surface area contributed by atoms with Gasteiger partial charge in [-0.15, -0.1) is 0 Å². The molecule has 24 heavy (non-hydrogen) atoms. The maximum Gasteiger partial charge on any atom is 0.313 e. The van der Waals surface area contributed by atoms with Gasteiger partial charge in [-0.2, -0.15) is 0 Å². The first-order chi connectivity index (χ1) is 11.6. The van der Waals surface area contributed by atoms with Gasteiger partial charge in [0.1, 0.15) is 18.0 Å². The number of esters is 1. The molecule has 1 heterocycles. The van der Waals surface area contributed by atoms with Crippen LogP contribution in [0, 0.1) is 0 Å². The summed E-state index contributed by atoms with van der Waals surface area (Å²) in [6, 6.07) is 13.1. The lowest BCUT2D eigenvalue weighted by Crippen LogP contribution is -2.17. The Hall–Kier alpha value is -2.33. The molecule has 0 saturated carbocycles. The lowest BCUT2D eigenvalue weighted by molar-refractivity contribution is -0.144. The zero-order valence-corrected chi connectivity index (χ0v) is 14.3. The Kier molecular flexibility index (Phi) is 4.86. The summed E-state index contributed by atoms with van der Waals surface area (Å²) < 4.78 is 10.9. The van der Waals surface area contributed by atoms with Crippen molar-refractivity contribution in [3.63, 3.8) is 0 Å². The second kappa shape index (κ2) is 7.05. The summed E-state index contributed by atoms with van der Waals surface area (Å²) >= 11 is 5.93. The molecule has 0 spiro atoms. The summed E-state index contributed by atoms with van der Waals surface area (Å²) in [6.45, 7) is 4.40. The smallest absolute Gasteiger partial charge is 0.313 e. The van der Waals surface area contributed by atoms with Crippen LogP contribution in [0.3, 0.4) is 0 Å². The molecule has 1 aliphatic rings. The van der Waals surface area contributed by atoms with Crippen LogP contribution in [0.25, 0.3) is 0 Å². The fraction of sp³-hybridized carbons (Fsp3) is 0.263. The Labute approximate surface area is 146 Å². The third-order valence-electron chi connectivity index (χ3n) is 3.92. The molecule has 124 valence electrons. The van der Waals surface area contributed by atoms with Crippen molar-refractivity contribution in [2.75, 3.05) is 13.2 Å². The number of rotatable bonds is 4. The summed E-state index contributed by atoms with van der Waals surface area (Å²) in [5.41, 5.74) is 3.38. The van der Waals surface area contributed by atoms with E-state index in [4.69, 9.17) is 26.1 Å². The molecule has 1 aliphatic heterocycles. The molecule has 0 fully saturated rings. The number of nitrogens with zero attached hydrogens (tertiary/aromatic N) is 1. The van der Waals surface area contributed by atoms with Gasteiger partial charge in [0, 0.05) is 5.02 Å². The maximum absolute atomic E-state index is 11.9. The van der Waals surface area contributed by atoms with Crippen LogP contribution < -0.4 is 4.74 Å². The summed E-state index contributed by atoms with van der Waals surface area (Å²) in [4.78, 5) is 16.6. The molecule has 0 N–H and O–H groups in total. The number of fused-ring (bicyclic) bond motifs is 1. The zero-order valence-electron chi connectivity index (χ0n) is 13.6. The molecule has 3 rings (SSSR count). The van der Waals surface area contributed by atoms with E-state index in [1.54, 1.807) is 6.92 Å². The standard InChI is InChI=1S/C19H18ClNO3/c1-3-23-19(22)12(2)14-6-9-18-16(10-14)21-17(11-24-18)13-4-7-15(20)8-5-13/h4-10,12H,3,11H2,1-2H3. The van der Waals surface area contributed by atoms with Crippen LogP contribution in [0.2, 0.25) is 5.02 Å². The maximum atomic E-state index is 11.9. The van der Waals surface area contributed by atoms with E-state index in [9.17, 15) is 4.79 Å². The second-order valence-corrected chi connectivity index (χ2v) is 5.99. The van der Waals surface area contributed by atoms with Crippen molar-refractivity contribution in [1.82, 2.24) is 0 Å². The van der Waals surface area contributed by atoms with Crippen LogP contribution in [0.15, 0.2) is 47.5 Å². The highest BCUT2D eigenvalue weighted by molar-refractivity contribution is 6.30. The monoisotopic (exact) mass is 343 g/mol. The van der Waals surface area contributed by atoms with Crippen LogP contribution in [-0.2, 0) is 9.53 Å². The number of hydrogen-bond donors (Lipinski definition) is 0. The lowest BCUT2D eigenvalue weighted by atomic mass is 10.00. The Morgan fingerprint density at radius 3 is 2.75 bits per heavy atom. The van der Waals surface area contributed by atoms with E-state index in [-0.39, 0.29) is 11.9 Å².